The van der Waals surface area contributed by atoms with Crippen molar-refractivity contribution in [3.63, 3.8) is 0 Å². The summed E-state index contributed by atoms with van der Waals surface area (Å²) < 4.78 is 0. The number of oxime groups is 1. The molecule has 1 N–H and O–H groups in total. The third kappa shape index (κ3) is 2.58. The monoisotopic (exact) mass is 327 g/mol. The summed E-state index contributed by atoms with van der Waals surface area (Å²) in [5, 5.41) is 11.8. The van der Waals surface area contributed by atoms with Gasteiger partial charge >= 0.3 is 0 Å². The lowest BCUT2D eigenvalue weighted by Gasteiger charge is -2.20. The van der Waals surface area contributed by atoms with Gasteiger partial charge in [-0.1, -0.05) is 31.5 Å². The highest BCUT2D eigenvalue weighted by molar-refractivity contribution is 6.16. The highest BCUT2D eigenvalue weighted by atomic mass is 16.4. The molecule has 2 unspecified atom stereocenters. The van der Waals surface area contributed by atoms with Crippen molar-refractivity contribution in [1.82, 2.24) is 0 Å². The summed E-state index contributed by atoms with van der Waals surface area (Å²) in [7, 11) is 0. The lowest BCUT2D eigenvalue weighted by Crippen LogP contribution is -2.21. The molecule has 0 radical (unpaired) electrons. The number of hydrogen-bond acceptors (Lipinski definition) is 4. The second-order valence-corrected chi connectivity index (χ2v) is 7.15. The summed E-state index contributed by atoms with van der Waals surface area (Å²) in [6.07, 6.45) is 4.39. The normalized spacial score (nSPS) is 29.6. The third-order valence-corrected chi connectivity index (χ3v) is 5.72. The number of aryl methyl sites for hydroxylation is 3. The smallest absolute Gasteiger partial charge is 0.151 e. The molecule has 2 saturated carbocycles. The average Bonchev–Trinajstić information content (AvgIpc) is 3.07. The van der Waals surface area contributed by atoms with Crippen molar-refractivity contribution in [3.05, 3.63) is 34.4 Å². The van der Waals surface area contributed by atoms with Gasteiger partial charge in [-0.25, -0.2) is 0 Å². The van der Waals surface area contributed by atoms with Crippen molar-refractivity contribution < 1.29 is 14.8 Å². The van der Waals surface area contributed by atoms with Crippen LogP contribution in [-0.4, -0.2) is 23.0 Å². The lowest BCUT2D eigenvalue weighted by molar-refractivity contribution is -0.125. The summed E-state index contributed by atoms with van der Waals surface area (Å²) in [4.78, 5) is 26.1. The maximum atomic E-state index is 13.0. The van der Waals surface area contributed by atoms with Gasteiger partial charge in [-0.15, -0.1) is 5.16 Å². The van der Waals surface area contributed by atoms with Crippen LogP contribution in [0.1, 0.15) is 54.9 Å². The maximum Gasteiger partial charge on any atom is 0.151 e. The Kier molecular flexibility index (Phi) is 4.57. The minimum atomic E-state index is -0.586. The number of fused-ring (bicyclic) bond motifs is 1. The van der Waals surface area contributed by atoms with Crippen LogP contribution in [0.3, 0.4) is 0 Å². The molecule has 1 aromatic carbocycles. The molecule has 0 bridgehead atoms. The Hall–Kier alpha value is -1.97. The largest absolute Gasteiger partial charge is 0.411 e. The van der Waals surface area contributed by atoms with Gasteiger partial charge in [-0.3, -0.25) is 9.59 Å². The Bertz CT molecular complexity index is 658. The summed E-state index contributed by atoms with van der Waals surface area (Å²) in [6.45, 7) is 6.22. The molecule has 0 heterocycles. The first-order valence-corrected chi connectivity index (χ1v) is 8.89. The van der Waals surface area contributed by atoms with E-state index in [1.807, 2.05) is 0 Å². The predicted octanol–water partition coefficient (Wildman–Crippen LogP) is 3.46. The van der Waals surface area contributed by atoms with Gasteiger partial charge < -0.3 is 5.21 Å². The first-order chi connectivity index (χ1) is 11.5. The molecule has 1 aromatic rings. The van der Waals surface area contributed by atoms with Crippen molar-refractivity contribution in [2.45, 2.75) is 52.4 Å². The van der Waals surface area contributed by atoms with Crippen LogP contribution in [-0.2, 0) is 22.4 Å². The lowest BCUT2D eigenvalue weighted by atomic mass is 9.82. The minimum absolute atomic E-state index is 0.0353. The van der Waals surface area contributed by atoms with Crippen molar-refractivity contribution in [3.8, 4) is 0 Å². The summed E-state index contributed by atoms with van der Waals surface area (Å²) in [6, 6.07) is 4.23. The van der Waals surface area contributed by atoms with Gasteiger partial charge in [-0.05, 0) is 55.2 Å². The van der Waals surface area contributed by atoms with Crippen LogP contribution in [0.5, 0.6) is 0 Å². The molecular weight excluding hydrogens is 302 g/mol. The Balaban J connectivity index is 2.01. The molecule has 4 nitrogen and oxygen atoms in total. The standard InChI is InChI=1S/C20H25NO3/c1-4-13-6-11(3)7-14(5-2)17(13)18-19(22)15-8-12(10-21-24)9-16(15)20(18)23/h6-7,10,12,15-16,18,24H,4-5,8-9H2,1-3H3/b21-10+. The quantitative estimate of drug-likeness (QED) is 0.398. The fourth-order valence-electron chi connectivity index (χ4n) is 4.68. The molecule has 4 heteroatoms. The van der Waals surface area contributed by atoms with E-state index in [1.165, 1.54) is 11.8 Å². The van der Waals surface area contributed by atoms with Crippen LogP contribution < -0.4 is 0 Å². The zero-order valence-electron chi connectivity index (χ0n) is 14.6. The van der Waals surface area contributed by atoms with Crippen LogP contribution >= 0.6 is 0 Å². The van der Waals surface area contributed by atoms with Gasteiger partial charge in [0.25, 0.3) is 0 Å². The van der Waals surface area contributed by atoms with E-state index < -0.39 is 5.92 Å². The number of carbonyl (C=O) groups excluding carboxylic acids is 2. The Labute approximate surface area is 142 Å². The first-order valence-electron chi connectivity index (χ1n) is 8.89. The van der Waals surface area contributed by atoms with Crippen molar-refractivity contribution in [2.75, 3.05) is 0 Å². The Morgan fingerprint density at radius 2 is 1.58 bits per heavy atom. The molecule has 0 amide bonds. The molecule has 24 heavy (non-hydrogen) atoms. The van der Waals surface area contributed by atoms with Gasteiger partial charge in [0.05, 0.1) is 0 Å². The third-order valence-electron chi connectivity index (χ3n) is 5.72. The topological polar surface area (TPSA) is 66.7 Å². The molecule has 0 aromatic heterocycles. The van der Waals surface area contributed by atoms with Gasteiger partial charge in [-0.2, -0.15) is 0 Å². The molecule has 128 valence electrons. The van der Waals surface area contributed by atoms with Crippen LogP contribution in [0.25, 0.3) is 0 Å². The first kappa shape index (κ1) is 16.9. The molecule has 3 rings (SSSR count). The van der Waals surface area contributed by atoms with Crippen molar-refractivity contribution in [1.29, 1.82) is 0 Å². The van der Waals surface area contributed by atoms with E-state index in [1.54, 1.807) is 0 Å². The zero-order valence-corrected chi connectivity index (χ0v) is 14.6. The number of rotatable bonds is 4. The number of hydrogen-bond donors (Lipinski definition) is 1. The molecule has 2 aliphatic rings. The van der Waals surface area contributed by atoms with E-state index >= 15 is 0 Å². The number of nitrogens with zero attached hydrogens (tertiary/aromatic N) is 1. The second kappa shape index (κ2) is 6.50. The molecule has 0 saturated heterocycles. The van der Waals surface area contributed by atoms with Gasteiger partial charge in [0.1, 0.15) is 5.92 Å². The van der Waals surface area contributed by atoms with Crippen molar-refractivity contribution in [2.24, 2.45) is 22.9 Å². The minimum Gasteiger partial charge on any atom is -0.411 e. The van der Waals surface area contributed by atoms with E-state index in [4.69, 9.17) is 5.21 Å². The van der Waals surface area contributed by atoms with Gasteiger partial charge in [0, 0.05) is 18.1 Å². The van der Waals surface area contributed by atoms with Crippen LogP contribution in [0.2, 0.25) is 0 Å². The van der Waals surface area contributed by atoms with E-state index in [-0.39, 0.29) is 29.3 Å². The predicted molar refractivity (Wildman–Crippen MR) is 92.7 cm³/mol. The van der Waals surface area contributed by atoms with Crippen LogP contribution in [0.4, 0.5) is 0 Å². The second-order valence-electron chi connectivity index (χ2n) is 7.15. The molecular formula is C20H25NO3. The maximum absolute atomic E-state index is 13.0. The highest BCUT2D eigenvalue weighted by Gasteiger charge is 2.54. The zero-order chi connectivity index (χ0) is 17.4. The summed E-state index contributed by atoms with van der Waals surface area (Å²) in [5.41, 5.74) is 4.42. The number of ketones is 2. The Morgan fingerprint density at radius 3 is 2.00 bits per heavy atom. The Morgan fingerprint density at radius 1 is 1.08 bits per heavy atom. The van der Waals surface area contributed by atoms with E-state index in [0.29, 0.717) is 12.8 Å². The van der Waals surface area contributed by atoms with E-state index in [9.17, 15) is 9.59 Å². The number of benzene rings is 1. The average molecular weight is 327 g/mol. The highest BCUT2D eigenvalue weighted by Crippen LogP contribution is 2.49. The molecule has 0 spiro atoms. The van der Waals surface area contributed by atoms with E-state index in [0.717, 1.165) is 29.5 Å². The van der Waals surface area contributed by atoms with Crippen LogP contribution in [0, 0.1) is 24.7 Å². The number of carbonyl (C=O) groups is 2. The summed E-state index contributed by atoms with van der Waals surface area (Å²) in [5.74, 6) is -0.813. The molecule has 2 aliphatic carbocycles. The molecule has 2 fully saturated rings. The SMILES string of the molecule is CCc1cc(C)cc(CC)c1C1C(=O)C2CC(/C=N/O)CC2C1=O. The fraction of sp³-hybridized carbons (Fsp3) is 0.550. The fourth-order valence-corrected chi connectivity index (χ4v) is 4.68. The van der Waals surface area contributed by atoms with Crippen LogP contribution in [0.15, 0.2) is 17.3 Å². The molecule has 2 atom stereocenters. The van der Waals surface area contributed by atoms with Gasteiger partial charge in [0.2, 0.25) is 0 Å². The van der Waals surface area contributed by atoms with Gasteiger partial charge in [0.15, 0.2) is 11.6 Å². The number of Topliss-reactive ketones (excluding diaryl/α,β-unsaturated/α-hetero) is 2. The summed E-state index contributed by atoms with van der Waals surface area (Å²) >= 11 is 0. The molecule has 0 aliphatic heterocycles. The van der Waals surface area contributed by atoms with Crippen molar-refractivity contribution >= 4 is 17.8 Å². The van der Waals surface area contributed by atoms with E-state index in [2.05, 4.69) is 38.1 Å².